The van der Waals surface area contributed by atoms with Crippen LogP contribution in [0.5, 0.6) is 0 Å². The van der Waals surface area contributed by atoms with Crippen LogP contribution in [0.1, 0.15) is 0 Å². The predicted octanol–water partition coefficient (Wildman–Crippen LogP) is -5.48. The van der Waals surface area contributed by atoms with Gasteiger partial charge in [0.25, 0.3) is 0 Å². The summed E-state index contributed by atoms with van der Waals surface area (Å²) in [6.45, 7) is -3.75. The molecule has 0 aromatic heterocycles. The topological polar surface area (TPSA) is 298 Å². The first kappa shape index (κ1) is 30.3. The number of phosphoric ester groups is 2. The summed E-state index contributed by atoms with van der Waals surface area (Å²) < 4.78 is 34.4. The van der Waals surface area contributed by atoms with Crippen molar-refractivity contribution in [2.45, 2.75) is 42.7 Å². The Kier molecular flexibility index (Phi) is 12.8. The van der Waals surface area contributed by atoms with Gasteiger partial charge in [0, 0.05) is 0 Å². The smallest absolute Gasteiger partial charge is 0.388 e. The molecule has 0 heterocycles. The van der Waals surface area contributed by atoms with Gasteiger partial charge in [-0.15, -0.1) is 0 Å². The van der Waals surface area contributed by atoms with Gasteiger partial charge < -0.3 is 55.2 Å². The zero-order valence-electron chi connectivity index (χ0n) is 15.5. The third-order valence-corrected chi connectivity index (χ3v) is 4.89. The van der Waals surface area contributed by atoms with Crippen LogP contribution < -0.4 is 0 Å². The maximum atomic E-state index is 11.7. The van der Waals surface area contributed by atoms with E-state index in [4.69, 9.17) is 14.9 Å². The highest BCUT2D eigenvalue weighted by molar-refractivity contribution is 7.47. The number of ketones is 1. The van der Waals surface area contributed by atoms with Crippen molar-refractivity contribution in [1.29, 1.82) is 0 Å². The number of hydrogen-bond donors (Lipinski definition) is 10. The Balaban J connectivity index is 4.62. The minimum atomic E-state index is -5.12. The minimum Gasteiger partial charge on any atom is -0.388 e. The number of aldehydes is 1. The highest BCUT2D eigenvalue weighted by Gasteiger charge is 2.35. The molecule has 0 aromatic carbocycles. The molecule has 0 rings (SSSR count). The molecule has 31 heavy (non-hydrogen) atoms. The van der Waals surface area contributed by atoms with Crippen molar-refractivity contribution in [2.24, 2.45) is 0 Å². The molecule has 0 spiro atoms. The van der Waals surface area contributed by atoms with Crippen molar-refractivity contribution < 1.29 is 82.7 Å². The van der Waals surface area contributed by atoms with Crippen LogP contribution in [0.4, 0.5) is 0 Å². The molecule has 0 bridgehead atoms. The largest absolute Gasteiger partial charge is 0.472 e. The van der Waals surface area contributed by atoms with Gasteiger partial charge in [-0.1, -0.05) is 0 Å². The Morgan fingerprint density at radius 1 is 0.774 bits per heavy atom. The highest BCUT2D eigenvalue weighted by atomic mass is 31.2. The summed E-state index contributed by atoms with van der Waals surface area (Å²) in [5.74, 6) is -1.48. The van der Waals surface area contributed by atoms with Crippen molar-refractivity contribution in [3.05, 3.63) is 0 Å². The van der Waals surface area contributed by atoms with E-state index < -0.39 is 84.0 Å². The first-order valence-electron chi connectivity index (χ1n) is 8.08. The molecule has 0 saturated carbocycles. The van der Waals surface area contributed by atoms with Crippen LogP contribution in [0.3, 0.4) is 0 Å². The Bertz CT molecular complexity index is 665. The van der Waals surface area contributed by atoms with Crippen molar-refractivity contribution in [2.75, 3.05) is 19.8 Å². The predicted molar refractivity (Wildman–Crippen MR) is 92.8 cm³/mol. The molecule has 0 fully saturated rings. The Hall–Kier alpha value is -0.720. The SMILES string of the molecule is O=C[C@@H](O)[C@@H](O)[C@H](O)[C@H](O)COP(=O)(O)OCC(=O)[C@@H](O)[C@H](O)[C@H](O)COP(=O)(O)O. The van der Waals surface area contributed by atoms with E-state index in [0.29, 0.717) is 0 Å². The summed E-state index contributed by atoms with van der Waals surface area (Å²) in [6, 6.07) is 0. The lowest BCUT2D eigenvalue weighted by atomic mass is 10.0. The second kappa shape index (κ2) is 13.1. The molecular weight excluding hydrogens is 478 g/mol. The van der Waals surface area contributed by atoms with Gasteiger partial charge in [-0.05, 0) is 0 Å². The van der Waals surface area contributed by atoms with Gasteiger partial charge in [-0.3, -0.25) is 18.4 Å². The molecule has 0 aliphatic heterocycles. The third-order valence-electron chi connectivity index (χ3n) is 3.47. The van der Waals surface area contributed by atoms with Gasteiger partial charge in [0.1, 0.15) is 49.3 Å². The lowest BCUT2D eigenvalue weighted by molar-refractivity contribution is -0.142. The van der Waals surface area contributed by atoms with E-state index in [-0.39, 0.29) is 6.29 Å². The van der Waals surface area contributed by atoms with Gasteiger partial charge in [0.2, 0.25) is 0 Å². The van der Waals surface area contributed by atoms with E-state index in [1.54, 1.807) is 0 Å². The van der Waals surface area contributed by atoms with E-state index >= 15 is 0 Å². The average molecular weight is 502 g/mol. The number of aliphatic hydroxyl groups is 7. The van der Waals surface area contributed by atoms with Crippen LogP contribution in [-0.4, -0.2) is 125 Å². The van der Waals surface area contributed by atoms with Crippen LogP contribution >= 0.6 is 15.6 Å². The monoisotopic (exact) mass is 502 g/mol. The summed E-state index contributed by atoms with van der Waals surface area (Å²) in [5.41, 5.74) is 0. The van der Waals surface area contributed by atoms with Crippen LogP contribution in [-0.2, 0) is 32.3 Å². The van der Waals surface area contributed by atoms with Gasteiger partial charge >= 0.3 is 15.6 Å². The number of rotatable bonds is 16. The van der Waals surface area contributed by atoms with Crippen LogP contribution in [0.25, 0.3) is 0 Å². The molecule has 0 aromatic rings. The molecule has 10 N–H and O–H groups in total. The molecule has 17 nitrogen and oxygen atoms in total. The van der Waals surface area contributed by atoms with Gasteiger partial charge in [0.15, 0.2) is 12.1 Å². The Labute approximate surface area is 173 Å². The van der Waals surface area contributed by atoms with Crippen molar-refractivity contribution in [1.82, 2.24) is 0 Å². The standard InChI is InChI=1S/C12H24O17P2/c13-1-5(14)9(18)10(19)7(16)3-28-31(25,26)29-4-8(17)12(21)11(20)6(15)2-27-30(22,23)24/h1,5-7,9-12,14-16,18-21H,2-4H2,(H,25,26)(H2,22,23,24)/t5-,6-,7-,9-,10-,11-,12-/m1/s1. The van der Waals surface area contributed by atoms with E-state index in [1.807, 2.05) is 0 Å². The Morgan fingerprint density at radius 3 is 1.74 bits per heavy atom. The second-order valence-corrected chi connectivity index (χ2v) is 8.66. The zero-order valence-corrected chi connectivity index (χ0v) is 17.3. The molecule has 1 unspecified atom stereocenters. The van der Waals surface area contributed by atoms with Gasteiger partial charge in [0.05, 0.1) is 13.2 Å². The van der Waals surface area contributed by atoms with Gasteiger partial charge in [-0.2, -0.15) is 0 Å². The number of carbonyl (C=O) groups excluding carboxylic acids is 2. The fourth-order valence-electron chi connectivity index (χ4n) is 1.72. The number of hydrogen-bond acceptors (Lipinski definition) is 14. The van der Waals surface area contributed by atoms with Crippen molar-refractivity contribution in [3.8, 4) is 0 Å². The van der Waals surface area contributed by atoms with E-state index in [9.17, 15) is 54.3 Å². The van der Waals surface area contributed by atoms with Gasteiger partial charge in [-0.25, -0.2) is 9.13 Å². The summed E-state index contributed by atoms with van der Waals surface area (Å²) in [4.78, 5) is 48.3. The lowest BCUT2D eigenvalue weighted by Crippen LogP contribution is -2.46. The fourth-order valence-corrected chi connectivity index (χ4v) is 2.77. The van der Waals surface area contributed by atoms with E-state index in [0.717, 1.165) is 0 Å². The van der Waals surface area contributed by atoms with E-state index in [2.05, 4.69) is 13.6 Å². The van der Waals surface area contributed by atoms with Crippen molar-refractivity contribution in [3.63, 3.8) is 0 Å². The first-order valence-corrected chi connectivity index (χ1v) is 11.1. The van der Waals surface area contributed by atoms with Crippen molar-refractivity contribution >= 4 is 27.7 Å². The highest BCUT2D eigenvalue weighted by Crippen LogP contribution is 2.43. The molecular formula is C12H24O17P2. The molecule has 8 atom stereocenters. The lowest BCUT2D eigenvalue weighted by Gasteiger charge is -2.24. The number of phosphoric acid groups is 2. The summed E-state index contributed by atoms with van der Waals surface area (Å²) in [6.07, 6.45) is -15.6. The maximum absolute atomic E-state index is 11.7. The van der Waals surface area contributed by atoms with Crippen LogP contribution in [0.2, 0.25) is 0 Å². The molecule has 0 aliphatic rings. The number of aliphatic hydroxyl groups excluding tert-OH is 7. The van der Waals surface area contributed by atoms with Crippen LogP contribution in [0.15, 0.2) is 0 Å². The molecule has 0 radical (unpaired) electrons. The molecule has 184 valence electrons. The molecule has 0 saturated heterocycles. The molecule has 0 amide bonds. The van der Waals surface area contributed by atoms with E-state index in [1.165, 1.54) is 0 Å². The maximum Gasteiger partial charge on any atom is 0.472 e. The summed E-state index contributed by atoms with van der Waals surface area (Å²) in [5, 5.41) is 65.8. The second-order valence-electron chi connectivity index (χ2n) is 5.97. The Morgan fingerprint density at radius 2 is 1.26 bits per heavy atom. The number of Topliss-reactive ketones (excluding diaryl/α,β-unsaturated/α-hetero) is 1. The normalized spacial score (nSPS) is 21.2. The molecule has 0 aliphatic carbocycles. The average Bonchev–Trinajstić information content (AvgIpc) is 2.70. The quantitative estimate of drug-likeness (QED) is 0.0695. The van der Waals surface area contributed by atoms with Crippen LogP contribution in [0, 0.1) is 0 Å². The third kappa shape index (κ3) is 11.6. The summed E-state index contributed by atoms with van der Waals surface area (Å²) >= 11 is 0. The molecule has 19 heteroatoms. The minimum absolute atomic E-state index is 0.151. The fraction of sp³-hybridized carbons (Fsp3) is 0.833. The first-order chi connectivity index (χ1) is 14.0. The number of carbonyl (C=O) groups is 2. The zero-order chi connectivity index (χ0) is 24.6. The summed E-state index contributed by atoms with van der Waals surface area (Å²) in [7, 11) is -10.1.